The first-order chi connectivity index (χ1) is 8.51. The number of esters is 1. The molecule has 0 aromatic heterocycles. The van der Waals surface area contributed by atoms with Crippen LogP contribution in [0.5, 0.6) is 0 Å². The second kappa shape index (κ2) is 6.86. The van der Waals surface area contributed by atoms with E-state index in [1.165, 1.54) is 7.11 Å². The summed E-state index contributed by atoms with van der Waals surface area (Å²) in [6, 6.07) is 6.49. The molecule has 5 nitrogen and oxygen atoms in total. The summed E-state index contributed by atoms with van der Waals surface area (Å²) in [5.74, 6) is -0.456. The molecule has 18 heavy (non-hydrogen) atoms. The molecular weight excluding hydrogens is 258 g/mol. The molecule has 0 aliphatic carbocycles. The minimum atomic E-state index is -1.17. The highest BCUT2D eigenvalue weighted by atomic mass is 35.5. The summed E-state index contributed by atoms with van der Waals surface area (Å²) in [4.78, 5) is 21.8. The molecule has 0 fully saturated rings. The van der Waals surface area contributed by atoms with Crippen LogP contribution in [0.4, 0.5) is 4.79 Å². The fourth-order valence-electron chi connectivity index (χ4n) is 1.54. The number of carbonyl (C=O) groups excluding carboxylic acids is 1. The average Bonchev–Trinajstić information content (AvgIpc) is 2.31. The number of carboxylic acid groups (broad SMARTS) is 1. The third-order valence-electron chi connectivity index (χ3n) is 2.36. The van der Waals surface area contributed by atoms with Gasteiger partial charge in [-0.05, 0) is 24.1 Å². The highest BCUT2D eigenvalue weighted by molar-refractivity contribution is 6.30. The van der Waals surface area contributed by atoms with E-state index in [9.17, 15) is 9.59 Å². The lowest BCUT2D eigenvalue weighted by molar-refractivity contribution is -0.141. The molecule has 0 heterocycles. The van der Waals surface area contributed by atoms with Gasteiger partial charge in [0.15, 0.2) is 0 Å². The number of amides is 1. The van der Waals surface area contributed by atoms with Crippen molar-refractivity contribution in [1.82, 2.24) is 5.32 Å². The molecule has 1 aromatic rings. The van der Waals surface area contributed by atoms with Gasteiger partial charge in [-0.3, -0.25) is 4.79 Å². The van der Waals surface area contributed by atoms with E-state index in [1.807, 2.05) is 0 Å². The molecule has 6 heteroatoms. The molecule has 1 aromatic carbocycles. The molecule has 0 aliphatic rings. The maximum Gasteiger partial charge on any atom is 0.404 e. The topological polar surface area (TPSA) is 75.6 Å². The summed E-state index contributed by atoms with van der Waals surface area (Å²) in [7, 11) is 1.27. The summed E-state index contributed by atoms with van der Waals surface area (Å²) >= 11 is 5.76. The fourth-order valence-corrected chi connectivity index (χ4v) is 1.66. The molecule has 0 saturated carbocycles. The number of nitrogens with one attached hydrogen (secondary N) is 1. The molecule has 0 spiro atoms. The van der Waals surface area contributed by atoms with Crippen molar-refractivity contribution in [1.29, 1.82) is 0 Å². The maximum absolute atomic E-state index is 11.2. The summed E-state index contributed by atoms with van der Waals surface area (Å²) < 4.78 is 4.53. The number of benzene rings is 1. The Kier molecular flexibility index (Phi) is 5.45. The summed E-state index contributed by atoms with van der Waals surface area (Å²) in [6.45, 7) is 0. The zero-order valence-electron chi connectivity index (χ0n) is 9.85. The number of rotatable bonds is 5. The predicted molar refractivity (Wildman–Crippen MR) is 66.7 cm³/mol. The van der Waals surface area contributed by atoms with Gasteiger partial charge in [-0.2, -0.15) is 0 Å². The largest absolute Gasteiger partial charge is 0.469 e. The summed E-state index contributed by atoms with van der Waals surface area (Å²) in [5, 5.41) is 11.6. The minimum absolute atomic E-state index is 0.00851. The lowest BCUT2D eigenvalue weighted by atomic mass is 10.0. The van der Waals surface area contributed by atoms with Crippen molar-refractivity contribution in [3.8, 4) is 0 Å². The van der Waals surface area contributed by atoms with E-state index in [4.69, 9.17) is 16.7 Å². The van der Waals surface area contributed by atoms with E-state index in [0.29, 0.717) is 11.4 Å². The first-order valence-electron chi connectivity index (χ1n) is 5.32. The van der Waals surface area contributed by atoms with E-state index in [0.717, 1.165) is 5.56 Å². The smallest absolute Gasteiger partial charge is 0.404 e. The third kappa shape index (κ3) is 5.05. The van der Waals surface area contributed by atoms with Crippen molar-refractivity contribution in [3.63, 3.8) is 0 Å². The normalized spacial score (nSPS) is 11.7. The van der Waals surface area contributed by atoms with Crippen LogP contribution in [-0.2, 0) is 16.0 Å². The molecule has 0 bridgehead atoms. The first-order valence-corrected chi connectivity index (χ1v) is 5.69. The molecule has 1 rings (SSSR count). The van der Waals surface area contributed by atoms with E-state index >= 15 is 0 Å². The lowest BCUT2D eigenvalue weighted by Gasteiger charge is -2.15. The molecular formula is C12H14ClNO4. The first kappa shape index (κ1) is 14.3. The van der Waals surface area contributed by atoms with Crippen molar-refractivity contribution in [2.75, 3.05) is 7.11 Å². The van der Waals surface area contributed by atoms with Crippen molar-refractivity contribution in [2.45, 2.75) is 18.9 Å². The van der Waals surface area contributed by atoms with Crippen LogP contribution in [0.15, 0.2) is 24.3 Å². The Morgan fingerprint density at radius 2 is 2.00 bits per heavy atom. The van der Waals surface area contributed by atoms with E-state index in [2.05, 4.69) is 10.1 Å². The molecule has 1 atom stereocenters. The number of halogens is 1. The van der Waals surface area contributed by atoms with Crippen LogP contribution in [0, 0.1) is 0 Å². The average molecular weight is 272 g/mol. The molecule has 0 unspecified atom stereocenters. The van der Waals surface area contributed by atoms with Gasteiger partial charge in [-0.15, -0.1) is 0 Å². The number of hydrogen-bond acceptors (Lipinski definition) is 3. The van der Waals surface area contributed by atoms with Crippen LogP contribution in [0.25, 0.3) is 0 Å². The highest BCUT2D eigenvalue weighted by Crippen LogP contribution is 2.12. The van der Waals surface area contributed by atoms with Gasteiger partial charge in [0, 0.05) is 11.1 Å². The van der Waals surface area contributed by atoms with Gasteiger partial charge in [0.25, 0.3) is 0 Å². The van der Waals surface area contributed by atoms with Gasteiger partial charge in [0.05, 0.1) is 13.5 Å². The Morgan fingerprint density at radius 3 is 2.50 bits per heavy atom. The predicted octanol–water partition coefficient (Wildman–Crippen LogP) is 2.08. The summed E-state index contributed by atoms with van der Waals surface area (Å²) in [6.07, 6.45) is -0.776. The van der Waals surface area contributed by atoms with Crippen molar-refractivity contribution in [2.24, 2.45) is 0 Å². The van der Waals surface area contributed by atoms with Crippen molar-refractivity contribution >= 4 is 23.7 Å². The Morgan fingerprint density at radius 1 is 1.39 bits per heavy atom. The Labute approximate surface area is 110 Å². The Bertz CT molecular complexity index is 419. The third-order valence-corrected chi connectivity index (χ3v) is 2.62. The number of carbonyl (C=O) groups is 2. The van der Waals surface area contributed by atoms with Crippen molar-refractivity contribution in [3.05, 3.63) is 34.9 Å². The molecule has 0 saturated heterocycles. The molecule has 2 N–H and O–H groups in total. The van der Waals surface area contributed by atoms with Crippen LogP contribution >= 0.6 is 11.6 Å². The second-order valence-electron chi connectivity index (χ2n) is 3.76. The molecule has 1 amide bonds. The van der Waals surface area contributed by atoms with Gasteiger partial charge < -0.3 is 15.2 Å². The molecule has 98 valence electrons. The zero-order valence-corrected chi connectivity index (χ0v) is 10.6. The number of ether oxygens (including phenoxy) is 1. The standard InChI is InChI=1S/C12H14ClNO4/c1-18-11(15)7-10(14-12(16)17)6-8-2-4-9(13)5-3-8/h2-5,10,14H,6-7H2,1H3,(H,16,17)/t10-/m0/s1. The fraction of sp³-hybridized carbons (Fsp3) is 0.333. The second-order valence-corrected chi connectivity index (χ2v) is 4.19. The van der Waals surface area contributed by atoms with Gasteiger partial charge >= 0.3 is 12.1 Å². The maximum atomic E-state index is 11.2. The molecule has 0 radical (unpaired) electrons. The van der Waals surface area contributed by atoms with Gasteiger partial charge in [0.1, 0.15) is 0 Å². The van der Waals surface area contributed by atoms with Gasteiger partial charge in [-0.25, -0.2) is 4.79 Å². The number of methoxy groups -OCH3 is 1. The minimum Gasteiger partial charge on any atom is -0.469 e. The van der Waals surface area contributed by atoms with Crippen molar-refractivity contribution < 1.29 is 19.4 Å². The lowest BCUT2D eigenvalue weighted by Crippen LogP contribution is -2.37. The molecule has 0 aliphatic heterocycles. The highest BCUT2D eigenvalue weighted by Gasteiger charge is 2.16. The SMILES string of the molecule is COC(=O)C[C@H](Cc1ccc(Cl)cc1)NC(=O)O. The van der Waals surface area contributed by atoms with Crippen LogP contribution in [0.3, 0.4) is 0 Å². The van der Waals surface area contributed by atoms with Crippen LogP contribution in [0.1, 0.15) is 12.0 Å². The quantitative estimate of drug-likeness (QED) is 0.804. The summed E-state index contributed by atoms with van der Waals surface area (Å²) in [5.41, 5.74) is 0.891. The Hall–Kier alpha value is -1.75. The van der Waals surface area contributed by atoms with Gasteiger partial charge in [-0.1, -0.05) is 23.7 Å². The van der Waals surface area contributed by atoms with E-state index in [1.54, 1.807) is 24.3 Å². The van der Waals surface area contributed by atoms with E-state index < -0.39 is 18.1 Å². The van der Waals surface area contributed by atoms with E-state index in [-0.39, 0.29) is 6.42 Å². The van der Waals surface area contributed by atoms with Gasteiger partial charge in [0.2, 0.25) is 0 Å². The monoisotopic (exact) mass is 271 g/mol. The Balaban J connectivity index is 2.67. The number of hydrogen-bond donors (Lipinski definition) is 2. The zero-order chi connectivity index (χ0) is 13.5. The van der Waals surface area contributed by atoms with Crippen LogP contribution < -0.4 is 5.32 Å². The van der Waals surface area contributed by atoms with Crippen LogP contribution in [-0.4, -0.2) is 30.3 Å². The van der Waals surface area contributed by atoms with Crippen LogP contribution in [0.2, 0.25) is 5.02 Å².